The van der Waals surface area contributed by atoms with Gasteiger partial charge in [0.15, 0.2) is 0 Å². The predicted octanol–water partition coefficient (Wildman–Crippen LogP) is 2.49. The molecular formula is C16H24N2O2. The van der Waals surface area contributed by atoms with Gasteiger partial charge in [-0.05, 0) is 43.0 Å². The number of rotatable bonds is 5. The summed E-state index contributed by atoms with van der Waals surface area (Å²) in [6.07, 6.45) is 4.79. The van der Waals surface area contributed by atoms with Crippen molar-refractivity contribution in [2.45, 2.75) is 45.1 Å². The van der Waals surface area contributed by atoms with E-state index in [4.69, 9.17) is 10.5 Å². The lowest BCUT2D eigenvalue weighted by Gasteiger charge is -2.31. The number of nitrogens with zero attached hydrogens (tertiary/aromatic N) is 1. The quantitative estimate of drug-likeness (QED) is 0.899. The van der Waals surface area contributed by atoms with Gasteiger partial charge in [-0.2, -0.15) is 0 Å². The number of nitrogens with two attached hydrogens (primary N) is 1. The van der Waals surface area contributed by atoms with Crippen LogP contribution in [0.4, 0.5) is 5.69 Å². The van der Waals surface area contributed by atoms with Gasteiger partial charge in [-0.1, -0.05) is 19.8 Å². The molecule has 1 unspecified atom stereocenters. The van der Waals surface area contributed by atoms with Gasteiger partial charge < -0.3 is 15.4 Å². The standard InChI is InChI=1S/C16H24N2O2/c1-3-4-7-14(17)16(19)18-10-5-6-12-11-13(20-2)8-9-15(12)18/h8-9,11,14H,3-7,10,17H2,1-2H3. The van der Waals surface area contributed by atoms with Crippen molar-refractivity contribution in [3.8, 4) is 5.75 Å². The summed E-state index contributed by atoms with van der Waals surface area (Å²) in [5.74, 6) is 0.887. The van der Waals surface area contributed by atoms with Gasteiger partial charge in [-0.3, -0.25) is 4.79 Å². The molecule has 4 nitrogen and oxygen atoms in total. The number of ether oxygens (including phenoxy) is 1. The average Bonchev–Trinajstić information content (AvgIpc) is 2.50. The molecular weight excluding hydrogens is 252 g/mol. The number of unbranched alkanes of at least 4 members (excludes halogenated alkanes) is 1. The van der Waals surface area contributed by atoms with E-state index >= 15 is 0 Å². The number of hydrogen-bond donors (Lipinski definition) is 1. The van der Waals surface area contributed by atoms with Crippen molar-refractivity contribution in [3.63, 3.8) is 0 Å². The molecule has 0 radical (unpaired) electrons. The number of aryl methyl sites for hydroxylation is 1. The Kier molecular flexibility index (Phi) is 5.01. The van der Waals surface area contributed by atoms with Crippen LogP contribution in [0.1, 0.15) is 38.2 Å². The summed E-state index contributed by atoms with van der Waals surface area (Å²) in [6, 6.07) is 5.51. The van der Waals surface area contributed by atoms with E-state index in [2.05, 4.69) is 6.92 Å². The van der Waals surface area contributed by atoms with Crippen molar-refractivity contribution < 1.29 is 9.53 Å². The Morgan fingerprint density at radius 3 is 3.00 bits per heavy atom. The molecule has 1 heterocycles. The highest BCUT2D eigenvalue weighted by atomic mass is 16.5. The molecule has 1 amide bonds. The minimum Gasteiger partial charge on any atom is -0.497 e. The highest BCUT2D eigenvalue weighted by Gasteiger charge is 2.26. The first kappa shape index (κ1) is 14.9. The van der Waals surface area contributed by atoms with Crippen LogP contribution in [-0.4, -0.2) is 25.6 Å². The maximum absolute atomic E-state index is 12.5. The van der Waals surface area contributed by atoms with Gasteiger partial charge in [0.1, 0.15) is 5.75 Å². The number of amides is 1. The fourth-order valence-corrected chi connectivity index (χ4v) is 2.68. The molecule has 110 valence electrons. The molecule has 0 aliphatic carbocycles. The fourth-order valence-electron chi connectivity index (χ4n) is 2.68. The lowest BCUT2D eigenvalue weighted by atomic mass is 9.99. The van der Waals surface area contributed by atoms with Gasteiger partial charge in [0, 0.05) is 12.2 Å². The smallest absolute Gasteiger partial charge is 0.243 e. The highest BCUT2D eigenvalue weighted by molar-refractivity contribution is 5.98. The third kappa shape index (κ3) is 3.12. The molecule has 1 atom stereocenters. The van der Waals surface area contributed by atoms with Gasteiger partial charge >= 0.3 is 0 Å². The Balaban J connectivity index is 2.17. The minimum absolute atomic E-state index is 0.0459. The molecule has 0 bridgehead atoms. The van der Waals surface area contributed by atoms with E-state index in [0.717, 1.165) is 50.1 Å². The average molecular weight is 276 g/mol. The van der Waals surface area contributed by atoms with Crippen molar-refractivity contribution in [1.82, 2.24) is 0 Å². The zero-order valence-electron chi connectivity index (χ0n) is 12.4. The van der Waals surface area contributed by atoms with Gasteiger partial charge in [0.2, 0.25) is 5.91 Å². The number of methoxy groups -OCH3 is 1. The van der Waals surface area contributed by atoms with E-state index in [1.165, 1.54) is 5.56 Å². The summed E-state index contributed by atoms with van der Waals surface area (Å²) in [4.78, 5) is 14.3. The van der Waals surface area contributed by atoms with Crippen LogP contribution < -0.4 is 15.4 Å². The second-order valence-corrected chi connectivity index (χ2v) is 5.34. The van der Waals surface area contributed by atoms with Crippen LogP contribution in [0.2, 0.25) is 0 Å². The monoisotopic (exact) mass is 276 g/mol. The van der Waals surface area contributed by atoms with E-state index in [1.54, 1.807) is 7.11 Å². The summed E-state index contributed by atoms with van der Waals surface area (Å²) in [6.45, 7) is 2.87. The lowest BCUT2D eigenvalue weighted by Crippen LogP contribution is -2.46. The zero-order valence-corrected chi connectivity index (χ0v) is 12.4. The van der Waals surface area contributed by atoms with E-state index in [0.29, 0.717) is 0 Å². The fraction of sp³-hybridized carbons (Fsp3) is 0.562. The first-order valence-electron chi connectivity index (χ1n) is 7.41. The van der Waals surface area contributed by atoms with Crippen LogP contribution in [-0.2, 0) is 11.2 Å². The number of fused-ring (bicyclic) bond motifs is 1. The number of carbonyl (C=O) groups is 1. The summed E-state index contributed by atoms with van der Waals surface area (Å²) in [5.41, 5.74) is 8.20. The minimum atomic E-state index is -0.386. The van der Waals surface area contributed by atoms with Crippen molar-refractivity contribution in [3.05, 3.63) is 23.8 Å². The molecule has 0 saturated heterocycles. The topological polar surface area (TPSA) is 55.6 Å². The van der Waals surface area contributed by atoms with Gasteiger partial charge in [-0.15, -0.1) is 0 Å². The normalized spacial score (nSPS) is 15.7. The Morgan fingerprint density at radius 2 is 2.30 bits per heavy atom. The van der Waals surface area contributed by atoms with Gasteiger partial charge in [0.05, 0.1) is 13.2 Å². The molecule has 4 heteroatoms. The summed E-state index contributed by atoms with van der Waals surface area (Å²) < 4.78 is 5.25. The van der Waals surface area contributed by atoms with Gasteiger partial charge in [0.25, 0.3) is 0 Å². The second kappa shape index (κ2) is 6.75. The Hall–Kier alpha value is -1.55. The van der Waals surface area contributed by atoms with Crippen molar-refractivity contribution in [2.75, 3.05) is 18.6 Å². The largest absolute Gasteiger partial charge is 0.497 e. The molecule has 0 saturated carbocycles. The number of hydrogen-bond acceptors (Lipinski definition) is 3. The number of carbonyl (C=O) groups excluding carboxylic acids is 1. The summed E-state index contributed by atoms with van der Waals surface area (Å²) >= 11 is 0. The van der Waals surface area contributed by atoms with Gasteiger partial charge in [-0.25, -0.2) is 0 Å². The third-order valence-corrected chi connectivity index (χ3v) is 3.86. The van der Waals surface area contributed by atoms with E-state index < -0.39 is 0 Å². The van der Waals surface area contributed by atoms with Crippen LogP contribution in [0.25, 0.3) is 0 Å². The second-order valence-electron chi connectivity index (χ2n) is 5.34. The molecule has 0 fully saturated rings. The van der Waals surface area contributed by atoms with E-state index in [-0.39, 0.29) is 11.9 Å². The summed E-state index contributed by atoms with van der Waals surface area (Å²) in [7, 11) is 1.66. The van der Waals surface area contributed by atoms with E-state index in [1.807, 2.05) is 23.1 Å². The SMILES string of the molecule is CCCCC(N)C(=O)N1CCCc2cc(OC)ccc21. The number of anilines is 1. The Morgan fingerprint density at radius 1 is 1.50 bits per heavy atom. The first-order valence-corrected chi connectivity index (χ1v) is 7.41. The third-order valence-electron chi connectivity index (χ3n) is 3.86. The predicted molar refractivity (Wildman–Crippen MR) is 81.2 cm³/mol. The lowest BCUT2D eigenvalue weighted by molar-refractivity contribution is -0.120. The molecule has 1 aliphatic rings. The van der Waals surface area contributed by atoms with Crippen molar-refractivity contribution in [1.29, 1.82) is 0 Å². The van der Waals surface area contributed by atoms with E-state index in [9.17, 15) is 4.79 Å². The highest BCUT2D eigenvalue weighted by Crippen LogP contribution is 2.31. The summed E-state index contributed by atoms with van der Waals surface area (Å²) in [5, 5.41) is 0. The first-order chi connectivity index (χ1) is 9.67. The molecule has 0 spiro atoms. The molecule has 1 aromatic rings. The van der Waals surface area contributed by atoms with Crippen LogP contribution >= 0.6 is 0 Å². The zero-order chi connectivity index (χ0) is 14.5. The van der Waals surface area contributed by atoms with Crippen molar-refractivity contribution >= 4 is 11.6 Å². The molecule has 0 aromatic heterocycles. The molecule has 1 aromatic carbocycles. The maximum Gasteiger partial charge on any atom is 0.243 e. The Labute approximate surface area is 120 Å². The molecule has 1 aliphatic heterocycles. The molecule has 20 heavy (non-hydrogen) atoms. The van der Waals surface area contributed by atoms with Crippen LogP contribution in [0.15, 0.2) is 18.2 Å². The maximum atomic E-state index is 12.5. The van der Waals surface area contributed by atoms with Crippen LogP contribution in [0.3, 0.4) is 0 Å². The Bertz CT molecular complexity index is 474. The molecule has 2 rings (SSSR count). The van der Waals surface area contributed by atoms with Crippen molar-refractivity contribution in [2.24, 2.45) is 5.73 Å². The van der Waals surface area contributed by atoms with Crippen LogP contribution in [0, 0.1) is 0 Å². The van der Waals surface area contributed by atoms with Crippen LogP contribution in [0.5, 0.6) is 5.75 Å². The molecule has 2 N–H and O–H groups in total. The number of benzene rings is 1.